The van der Waals surface area contributed by atoms with Gasteiger partial charge in [0.1, 0.15) is 17.2 Å². The molecule has 2 spiro atoms. The molecule has 35 heavy (non-hydrogen) atoms. The molecule has 2 fully saturated rings. The molecule has 1 aromatic heterocycles. The van der Waals surface area contributed by atoms with E-state index in [-0.39, 0.29) is 29.3 Å². The SMILES string of the molecule is C=CC1CC2(CC1/C=C/C=C/CN1C(=O)C(CC)=NC13CCCCCC3)C(=O)Nc1ncccc12. The zero-order valence-electron chi connectivity index (χ0n) is 20.7. The van der Waals surface area contributed by atoms with Gasteiger partial charge in [-0.2, -0.15) is 0 Å². The summed E-state index contributed by atoms with van der Waals surface area (Å²) in [5, 5.41) is 2.98. The van der Waals surface area contributed by atoms with Gasteiger partial charge in [-0.25, -0.2) is 4.98 Å². The third-order valence-corrected chi connectivity index (χ3v) is 8.48. The van der Waals surface area contributed by atoms with Crippen molar-refractivity contribution in [3.05, 3.63) is 60.9 Å². The van der Waals surface area contributed by atoms with E-state index in [0.29, 0.717) is 18.8 Å². The van der Waals surface area contributed by atoms with Gasteiger partial charge in [-0.05, 0) is 62.8 Å². The van der Waals surface area contributed by atoms with Crippen LogP contribution >= 0.6 is 0 Å². The molecule has 0 saturated heterocycles. The molecule has 0 bridgehead atoms. The molecule has 0 aromatic carbocycles. The van der Waals surface area contributed by atoms with Crippen molar-refractivity contribution in [2.45, 2.75) is 75.8 Å². The molecule has 1 N–H and O–H groups in total. The maximum Gasteiger partial charge on any atom is 0.270 e. The molecule has 2 amide bonds. The van der Waals surface area contributed by atoms with Crippen LogP contribution in [0.25, 0.3) is 0 Å². The first-order valence-corrected chi connectivity index (χ1v) is 13.2. The second kappa shape index (κ2) is 9.56. The number of fused-ring (bicyclic) bond motifs is 2. The summed E-state index contributed by atoms with van der Waals surface area (Å²) in [6, 6.07) is 3.93. The van der Waals surface area contributed by atoms with Crippen LogP contribution in [0, 0.1) is 11.8 Å². The fourth-order valence-electron chi connectivity index (χ4n) is 6.62. The number of carbonyl (C=O) groups excluding carboxylic acids is 2. The Bertz CT molecular complexity index is 1100. The second-order valence-electron chi connectivity index (χ2n) is 10.4. The maximum absolute atomic E-state index is 13.0. The summed E-state index contributed by atoms with van der Waals surface area (Å²) in [7, 11) is 0. The first-order valence-electron chi connectivity index (χ1n) is 13.2. The number of rotatable bonds is 6. The standard InChI is InChI=1S/C29H36N4O2/c1-3-21-19-28(23-14-12-17-30-25(23)31-27(28)35)20-22(21)13-8-7-11-18-33-26(34)24(4-2)32-29(33)15-9-5-6-10-16-29/h3,7-8,11-14,17,21-22H,1,4-6,9-10,15-16,18-20H2,2H3,(H,30,31,35)/b11-7+,13-8+. The largest absolute Gasteiger partial charge is 0.310 e. The van der Waals surface area contributed by atoms with Crippen LogP contribution in [0.2, 0.25) is 0 Å². The second-order valence-corrected chi connectivity index (χ2v) is 10.4. The number of pyridine rings is 1. The van der Waals surface area contributed by atoms with E-state index >= 15 is 0 Å². The van der Waals surface area contributed by atoms with Gasteiger partial charge in [0, 0.05) is 18.3 Å². The van der Waals surface area contributed by atoms with Gasteiger partial charge in [-0.1, -0.05) is 56.2 Å². The van der Waals surface area contributed by atoms with Gasteiger partial charge < -0.3 is 10.2 Å². The molecular formula is C29H36N4O2. The number of aromatic nitrogens is 1. The Kier molecular flexibility index (Phi) is 6.47. The molecule has 4 aliphatic rings. The summed E-state index contributed by atoms with van der Waals surface area (Å²) >= 11 is 0. The van der Waals surface area contributed by atoms with Crippen LogP contribution in [-0.2, 0) is 15.0 Å². The minimum atomic E-state index is -0.525. The highest BCUT2D eigenvalue weighted by atomic mass is 16.2. The Balaban J connectivity index is 1.27. The molecular weight excluding hydrogens is 436 g/mol. The summed E-state index contributed by atoms with van der Waals surface area (Å²) in [6.07, 6.45) is 20.9. The van der Waals surface area contributed by atoms with Gasteiger partial charge in [0.05, 0.1) is 5.41 Å². The fraction of sp³-hybridized carbons (Fsp3) is 0.517. The third kappa shape index (κ3) is 4.07. The van der Waals surface area contributed by atoms with Crippen LogP contribution in [0.4, 0.5) is 5.82 Å². The van der Waals surface area contributed by atoms with Crippen molar-refractivity contribution < 1.29 is 9.59 Å². The van der Waals surface area contributed by atoms with Gasteiger partial charge in [-0.15, -0.1) is 6.58 Å². The molecule has 184 valence electrons. The lowest BCUT2D eigenvalue weighted by Crippen LogP contribution is -2.46. The number of anilines is 1. The predicted octanol–water partition coefficient (Wildman–Crippen LogP) is 5.34. The summed E-state index contributed by atoms with van der Waals surface area (Å²) < 4.78 is 0. The van der Waals surface area contributed by atoms with Crippen molar-refractivity contribution in [1.29, 1.82) is 0 Å². The van der Waals surface area contributed by atoms with E-state index in [2.05, 4.69) is 35.1 Å². The fourth-order valence-corrected chi connectivity index (χ4v) is 6.62. The number of allylic oxidation sites excluding steroid dienone is 4. The molecule has 0 radical (unpaired) electrons. The van der Waals surface area contributed by atoms with Crippen molar-refractivity contribution >= 4 is 23.3 Å². The number of aliphatic imine (C=N–C) groups is 1. The molecule has 2 aliphatic carbocycles. The maximum atomic E-state index is 13.0. The molecule has 3 unspecified atom stereocenters. The van der Waals surface area contributed by atoms with Crippen LogP contribution in [0.15, 0.2) is 60.3 Å². The molecule has 6 heteroatoms. The van der Waals surface area contributed by atoms with Gasteiger partial charge in [0.25, 0.3) is 5.91 Å². The molecule has 5 rings (SSSR count). The molecule has 2 saturated carbocycles. The number of hydrogen-bond acceptors (Lipinski definition) is 4. The van der Waals surface area contributed by atoms with Crippen molar-refractivity contribution in [3.63, 3.8) is 0 Å². The first-order chi connectivity index (χ1) is 17.0. The number of nitrogens with zero attached hydrogens (tertiary/aromatic N) is 3. The van der Waals surface area contributed by atoms with Gasteiger partial charge >= 0.3 is 0 Å². The van der Waals surface area contributed by atoms with E-state index < -0.39 is 5.41 Å². The Morgan fingerprint density at radius 2 is 1.91 bits per heavy atom. The monoisotopic (exact) mass is 472 g/mol. The average molecular weight is 473 g/mol. The lowest BCUT2D eigenvalue weighted by molar-refractivity contribution is -0.127. The first kappa shape index (κ1) is 23.7. The Hall–Kier alpha value is -3.02. The topological polar surface area (TPSA) is 74.7 Å². The summed E-state index contributed by atoms with van der Waals surface area (Å²) in [4.78, 5) is 37.3. The smallest absolute Gasteiger partial charge is 0.270 e. The highest BCUT2D eigenvalue weighted by Crippen LogP contribution is 2.53. The van der Waals surface area contributed by atoms with Crippen LogP contribution in [-0.4, -0.2) is 39.6 Å². The quantitative estimate of drug-likeness (QED) is 0.449. The lowest BCUT2D eigenvalue weighted by atomic mass is 9.79. The summed E-state index contributed by atoms with van der Waals surface area (Å²) in [6.45, 7) is 6.65. The summed E-state index contributed by atoms with van der Waals surface area (Å²) in [5.41, 5.74) is 0.876. The van der Waals surface area contributed by atoms with Crippen LogP contribution in [0.3, 0.4) is 0 Å². The minimum absolute atomic E-state index is 0.0532. The van der Waals surface area contributed by atoms with E-state index in [9.17, 15) is 9.59 Å². The van der Waals surface area contributed by atoms with Gasteiger partial charge in [0.15, 0.2) is 0 Å². The van der Waals surface area contributed by atoms with E-state index in [4.69, 9.17) is 4.99 Å². The van der Waals surface area contributed by atoms with Crippen molar-refractivity contribution in [1.82, 2.24) is 9.88 Å². The highest BCUT2D eigenvalue weighted by Gasteiger charge is 2.54. The number of carbonyl (C=O) groups is 2. The molecule has 3 atom stereocenters. The van der Waals surface area contributed by atoms with E-state index in [0.717, 1.165) is 49.8 Å². The van der Waals surface area contributed by atoms with Crippen LogP contribution in [0.1, 0.15) is 70.3 Å². The number of nitrogens with one attached hydrogen (secondary N) is 1. The highest BCUT2D eigenvalue weighted by molar-refractivity contribution is 6.40. The minimum Gasteiger partial charge on any atom is -0.310 e. The third-order valence-electron chi connectivity index (χ3n) is 8.48. The van der Waals surface area contributed by atoms with Crippen LogP contribution in [0.5, 0.6) is 0 Å². The van der Waals surface area contributed by atoms with E-state index in [1.807, 2.05) is 36.1 Å². The Morgan fingerprint density at radius 1 is 1.14 bits per heavy atom. The van der Waals surface area contributed by atoms with Crippen molar-refractivity contribution in [2.75, 3.05) is 11.9 Å². The molecule has 6 nitrogen and oxygen atoms in total. The molecule has 3 heterocycles. The molecule has 1 aromatic rings. The lowest BCUT2D eigenvalue weighted by Gasteiger charge is -2.35. The average Bonchev–Trinajstić information content (AvgIpc) is 3.38. The van der Waals surface area contributed by atoms with Crippen LogP contribution < -0.4 is 5.32 Å². The van der Waals surface area contributed by atoms with E-state index in [1.54, 1.807) is 6.20 Å². The van der Waals surface area contributed by atoms with Gasteiger partial charge in [-0.3, -0.25) is 14.6 Å². The molecule has 2 aliphatic heterocycles. The zero-order chi connectivity index (χ0) is 24.5. The Labute approximate surface area is 208 Å². The Morgan fingerprint density at radius 3 is 2.66 bits per heavy atom. The van der Waals surface area contributed by atoms with Crippen molar-refractivity contribution in [3.8, 4) is 0 Å². The normalized spacial score (nSPS) is 29.9. The predicted molar refractivity (Wildman–Crippen MR) is 139 cm³/mol. The van der Waals surface area contributed by atoms with E-state index in [1.165, 1.54) is 12.8 Å². The van der Waals surface area contributed by atoms with Crippen molar-refractivity contribution in [2.24, 2.45) is 16.8 Å². The number of hydrogen-bond donors (Lipinski definition) is 1. The van der Waals surface area contributed by atoms with Gasteiger partial charge in [0.2, 0.25) is 5.91 Å². The summed E-state index contributed by atoms with van der Waals surface area (Å²) in [5.74, 6) is 1.31. The zero-order valence-corrected chi connectivity index (χ0v) is 20.7. The number of amides is 2.